The van der Waals surface area contributed by atoms with Crippen LogP contribution in [-0.2, 0) is 6.61 Å². The predicted octanol–water partition coefficient (Wildman–Crippen LogP) is 3.60. The van der Waals surface area contributed by atoms with E-state index in [9.17, 15) is 9.59 Å². The van der Waals surface area contributed by atoms with E-state index in [-0.39, 0.29) is 23.7 Å². The first-order chi connectivity index (χ1) is 13.6. The van der Waals surface area contributed by atoms with Gasteiger partial charge in [0.05, 0.1) is 18.9 Å². The maximum Gasteiger partial charge on any atom is 0.305 e. The number of hydrogen-bond donors (Lipinski definition) is 2. The van der Waals surface area contributed by atoms with Crippen LogP contribution < -0.4 is 20.3 Å². The molecule has 2 aromatic carbocycles. The molecule has 1 aromatic heterocycles. The molecule has 0 unspecified atom stereocenters. The number of furan rings is 1. The molecule has 0 bridgehead atoms. The summed E-state index contributed by atoms with van der Waals surface area (Å²) in [4.78, 5) is 24.7. The Morgan fingerprint density at radius 3 is 2.54 bits per heavy atom. The van der Waals surface area contributed by atoms with Crippen molar-refractivity contribution in [1.82, 2.24) is 10.9 Å². The Bertz CT molecular complexity index is 972. The van der Waals surface area contributed by atoms with E-state index >= 15 is 0 Å². The molecule has 8 heteroatoms. The van der Waals surface area contributed by atoms with Gasteiger partial charge < -0.3 is 13.9 Å². The van der Waals surface area contributed by atoms with Crippen molar-refractivity contribution in [3.05, 3.63) is 82.8 Å². The molecule has 0 aliphatic carbocycles. The number of rotatable bonds is 6. The summed E-state index contributed by atoms with van der Waals surface area (Å²) in [7, 11) is 1.42. The zero-order chi connectivity index (χ0) is 19.9. The van der Waals surface area contributed by atoms with Crippen molar-refractivity contribution in [2.45, 2.75) is 6.61 Å². The number of nitrogens with one attached hydrogen (secondary N) is 2. The summed E-state index contributed by atoms with van der Waals surface area (Å²) < 4.78 is 16.0. The number of ether oxygens (including phenoxy) is 2. The van der Waals surface area contributed by atoms with E-state index in [2.05, 4.69) is 10.9 Å². The Hall–Kier alpha value is -3.45. The van der Waals surface area contributed by atoms with E-state index in [1.54, 1.807) is 24.3 Å². The summed E-state index contributed by atoms with van der Waals surface area (Å²) in [6.07, 6.45) is 1.38. The number of hydrazine groups is 1. The van der Waals surface area contributed by atoms with Crippen LogP contribution in [0, 0.1) is 0 Å². The second-order valence-electron chi connectivity index (χ2n) is 5.63. The molecular weight excluding hydrogens is 384 g/mol. The largest absolute Gasteiger partial charge is 0.496 e. The minimum absolute atomic E-state index is 0.0410. The fourth-order valence-electron chi connectivity index (χ4n) is 2.42. The Balaban J connectivity index is 1.61. The van der Waals surface area contributed by atoms with E-state index in [1.807, 2.05) is 18.2 Å². The van der Waals surface area contributed by atoms with Crippen molar-refractivity contribution < 1.29 is 23.5 Å². The highest BCUT2D eigenvalue weighted by atomic mass is 35.5. The third-order valence-electron chi connectivity index (χ3n) is 3.79. The molecule has 2 amide bonds. The van der Waals surface area contributed by atoms with E-state index in [0.29, 0.717) is 16.3 Å². The predicted molar refractivity (Wildman–Crippen MR) is 102 cm³/mol. The van der Waals surface area contributed by atoms with Crippen LogP contribution in [0.2, 0.25) is 5.02 Å². The van der Waals surface area contributed by atoms with Crippen LogP contribution in [0.5, 0.6) is 11.5 Å². The maximum atomic E-state index is 12.4. The quantitative estimate of drug-likeness (QED) is 0.617. The zero-order valence-corrected chi connectivity index (χ0v) is 15.7. The Kier molecular flexibility index (Phi) is 6.18. The molecule has 1 heterocycles. The van der Waals surface area contributed by atoms with Crippen molar-refractivity contribution in [3.8, 4) is 11.5 Å². The van der Waals surface area contributed by atoms with Crippen LogP contribution in [0.25, 0.3) is 0 Å². The minimum Gasteiger partial charge on any atom is -0.496 e. The molecule has 0 fully saturated rings. The lowest BCUT2D eigenvalue weighted by molar-refractivity contribution is 0.0827. The van der Waals surface area contributed by atoms with Crippen LogP contribution in [0.4, 0.5) is 0 Å². The number of hydrogen-bond acceptors (Lipinski definition) is 5. The fraction of sp³-hybridized carbons (Fsp3) is 0.100. The smallest absolute Gasteiger partial charge is 0.305 e. The average Bonchev–Trinajstić information content (AvgIpc) is 3.19. The van der Waals surface area contributed by atoms with Crippen molar-refractivity contribution in [2.24, 2.45) is 0 Å². The number of carbonyl (C=O) groups excluding carboxylic acids is 2. The number of methoxy groups -OCH3 is 1. The molecule has 0 aliphatic heterocycles. The fourth-order valence-corrected chi connectivity index (χ4v) is 2.58. The summed E-state index contributed by atoms with van der Waals surface area (Å²) in [5.41, 5.74) is 5.39. The molecule has 3 rings (SSSR count). The highest BCUT2D eigenvalue weighted by molar-refractivity contribution is 6.30. The number of para-hydroxylation sites is 1. The third-order valence-corrected chi connectivity index (χ3v) is 4.02. The first-order valence-electron chi connectivity index (χ1n) is 8.27. The van der Waals surface area contributed by atoms with Gasteiger partial charge in [0.1, 0.15) is 18.1 Å². The van der Waals surface area contributed by atoms with Gasteiger partial charge in [-0.15, -0.1) is 0 Å². The first kappa shape index (κ1) is 19.3. The summed E-state index contributed by atoms with van der Waals surface area (Å²) in [5.74, 6) is -0.180. The van der Waals surface area contributed by atoms with E-state index in [0.717, 1.165) is 0 Å². The molecule has 144 valence electrons. The van der Waals surface area contributed by atoms with Gasteiger partial charge in [-0.25, -0.2) is 0 Å². The lowest BCUT2D eigenvalue weighted by atomic mass is 10.2. The van der Waals surface area contributed by atoms with Gasteiger partial charge in [-0.05, 0) is 36.4 Å². The number of carbonyl (C=O) groups is 2. The van der Waals surface area contributed by atoms with Gasteiger partial charge in [-0.3, -0.25) is 20.4 Å². The first-order valence-corrected chi connectivity index (χ1v) is 8.64. The minimum atomic E-state index is -0.613. The maximum absolute atomic E-state index is 12.4. The summed E-state index contributed by atoms with van der Waals surface area (Å²) in [6, 6.07) is 15.4. The van der Waals surface area contributed by atoms with Crippen molar-refractivity contribution in [2.75, 3.05) is 7.11 Å². The summed E-state index contributed by atoms with van der Waals surface area (Å²) in [6.45, 7) is 0.141. The Labute approximate surface area is 166 Å². The van der Waals surface area contributed by atoms with Gasteiger partial charge in [-0.1, -0.05) is 29.8 Å². The molecule has 0 atom stereocenters. The standard InChI is InChI=1S/C20H17ClN2O5/c1-26-17-11-14(21)7-8-16(17)19(24)22-23-20(25)18-13(9-10-27-18)12-28-15-5-3-2-4-6-15/h2-11H,12H2,1H3,(H,22,24)(H,23,25). The topological polar surface area (TPSA) is 89.8 Å². The molecule has 0 radical (unpaired) electrons. The van der Waals surface area contributed by atoms with Crippen molar-refractivity contribution in [3.63, 3.8) is 0 Å². The molecule has 0 spiro atoms. The normalized spacial score (nSPS) is 10.2. The van der Waals surface area contributed by atoms with Gasteiger partial charge >= 0.3 is 5.91 Å². The van der Waals surface area contributed by atoms with E-state index in [1.165, 1.54) is 25.5 Å². The highest BCUT2D eigenvalue weighted by Crippen LogP contribution is 2.23. The number of benzene rings is 2. The van der Waals surface area contributed by atoms with Crippen molar-refractivity contribution >= 4 is 23.4 Å². The van der Waals surface area contributed by atoms with Crippen LogP contribution in [-0.4, -0.2) is 18.9 Å². The molecule has 28 heavy (non-hydrogen) atoms. The van der Waals surface area contributed by atoms with Crippen molar-refractivity contribution in [1.29, 1.82) is 0 Å². The van der Waals surface area contributed by atoms with Gasteiger partial charge in [0.15, 0.2) is 5.76 Å². The van der Waals surface area contributed by atoms with Gasteiger partial charge in [-0.2, -0.15) is 0 Å². The molecule has 3 aromatic rings. The number of halogens is 1. The molecule has 7 nitrogen and oxygen atoms in total. The molecule has 0 saturated heterocycles. The van der Waals surface area contributed by atoms with E-state index < -0.39 is 11.8 Å². The second-order valence-corrected chi connectivity index (χ2v) is 6.07. The summed E-state index contributed by atoms with van der Waals surface area (Å²) >= 11 is 5.88. The van der Waals surface area contributed by atoms with Crippen LogP contribution >= 0.6 is 11.6 Å². The molecule has 0 saturated carbocycles. The Morgan fingerprint density at radius 2 is 1.79 bits per heavy atom. The summed E-state index contributed by atoms with van der Waals surface area (Å²) in [5, 5.41) is 0.427. The SMILES string of the molecule is COc1cc(Cl)ccc1C(=O)NNC(=O)c1occc1COc1ccccc1. The second kappa shape index (κ2) is 8.96. The highest BCUT2D eigenvalue weighted by Gasteiger charge is 2.18. The van der Waals surface area contributed by atoms with Gasteiger partial charge in [0, 0.05) is 10.6 Å². The zero-order valence-electron chi connectivity index (χ0n) is 14.9. The molecule has 0 aliphatic rings. The van der Waals surface area contributed by atoms with Gasteiger partial charge in [0.2, 0.25) is 0 Å². The monoisotopic (exact) mass is 400 g/mol. The third kappa shape index (κ3) is 4.63. The van der Waals surface area contributed by atoms with Crippen LogP contribution in [0.15, 0.2) is 65.3 Å². The van der Waals surface area contributed by atoms with Crippen LogP contribution in [0.1, 0.15) is 26.5 Å². The number of amides is 2. The lowest BCUT2D eigenvalue weighted by Crippen LogP contribution is -2.42. The van der Waals surface area contributed by atoms with Gasteiger partial charge in [0.25, 0.3) is 5.91 Å². The molecule has 2 N–H and O–H groups in total. The lowest BCUT2D eigenvalue weighted by Gasteiger charge is -2.11. The average molecular weight is 401 g/mol. The molecular formula is C20H17ClN2O5. The van der Waals surface area contributed by atoms with E-state index in [4.69, 9.17) is 25.5 Å². The Morgan fingerprint density at radius 1 is 1.04 bits per heavy atom. The van der Waals surface area contributed by atoms with Crippen LogP contribution in [0.3, 0.4) is 0 Å².